The number of carbonyl (C=O) groups excluding carboxylic acids is 1. The summed E-state index contributed by atoms with van der Waals surface area (Å²) in [5.41, 5.74) is 0.700. The van der Waals surface area contributed by atoms with Gasteiger partial charge in [-0.05, 0) is 118 Å². The van der Waals surface area contributed by atoms with E-state index in [-0.39, 0.29) is 12.1 Å². The second kappa shape index (κ2) is 10.4. The van der Waals surface area contributed by atoms with E-state index in [1.165, 1.54) is 52.1 Å². The van der Waals surface area contributed by atoms with Crippen molar-refractivity contribution in [3.8, 4) is 0 Å². The Morgan fingerprint density at radius 2 is 1.79 bits per heavy atom. The fourth-order valence-corrected chi connectivity index (χ4v) is 9.52. The SMILES string of the molecule is COC(=O)CC[C@@H](C)[C@H]1CCC2C3C(CC[C@@]21C)[C@@]1(C)CCC(NCCN(C)C)CC1C[C@H]3O. The number of likely N-dealkylation sites (N-methyl/N-ethyl adjacent to an activating group) is 1. The second-order valence-corrected chi connectivity index (χ2v) is 13.3. The Morgan fingerprint density at radius 1 is 1.09 bits per heavy atom. The number of esters is 1. The van der Waals surface area contributed by atoms with E-state index in [4.69, 9.17) is 4.74 Å². The van der Waals surface area contributed by atoms with Crippen LogP contribution in [0.1, 0.15) is 85.0 Å². The maximum absolute atomic E-state index is 11.7. The number of hydrogen-bond acceptors (Lipinski definition) is 5. The van der Waals surface area contributed by atoms with Crippen LogP contribution in [-0.4, -0.2) is 62.4 Å². The van der Waals surface area contributed by atoms with E-state index in [0.717, 1.165) is 25.9 Å². The Hall–Kier alpha value is -0.650. The fraction of sp³-hybridized carbons (Fsp3) is 0.966. The van der Waals surface area contributed by atoms with Crippen molar-refractivity contribution in [3.63, 3.8) is 0 Å². The van der Waals surface area contributed by atoms with Crippen LogP contribution in [-0.2, 0) is 9.53 Å². The topological polar surface area (TPSA) is 61.8 Å². The van der Waals surface area contributed by atoms with Gasteiger partial charge in [0.2, 0.25) is 0 Å². The van der Waals surface area contributed by atoms with Gasteiger partial charge in [-0.1, -0.05) is 20.8 Å². The molecule has 0 spiro atoms. The average molecular weight is 477 g/mol. The number of methoxy groups -OCH3 is 1. The first-order valence-electron chi connectivity index (χ1n) is 14.2. The van der Waals surface area contributed by atoms with Gasteiger partial charge < -0.3 is 20.1 Å². The molecule has 5 heteroatoms. The summed E-state index contributed by atoms with van der Waals surface area (Å²) in [5.74, 6) is 3.55. The maximum atomic E-state index is 11.7. The van der Waals surface area contributed by atoms with Gasteiger partial charge in [0.25, 0.3) is 0 Å². The molecule has 0 bridgehead atoms. The molecule has 0 aliphatic heterocycles. The highest BCUT2D eigenvalue weighted by molar-refractivity contribution is 5.69. The van der Waals surface area contributed by atoms with Crippen LogP contribution in [0, 0.1) is 46.3 Å². The predicted octanol–water partition coefficient (Wildman–Crippen LogP) is 4.73. The molecule has 4 rings (SSSR count). The van der Waals surface area contributed by atoms with E-state index in [1.807, 2.05) is 0 Å². The molecule has 10 atom stereocenters. The number of hydrogen-bond donors (Lipinski definition) is 2. The number of rotatable bonds is 8. The van der Waals surface area contributed by atoms with Crippen molar-refractivity contribution in [1.29, 1.82) is 0 Å². The lowest BCUT2D eigenvalue weighted by Crippen LogP contribution is -2.59. The Balaban J connectivity index is 1.43. The van der Waals surface area contributed by atoms with E-state index in [0.29, 0.717) is 58.8 Å². The van der Waals surface area contributed by atoms with Crippen LogP contribution in [0.5, 0.6) is 0 Å². The van der Waals surface area contributed by atoms with Crippen molar-refractivity contribution >= 4 is 5.97 Å². The molecule has 34 heavy (non-hydrogen) atoms. The van der Waals surface area contributed by atoms with Gasteiger partial charge in [0.1, 0.15) is 0 Å². The fourth-order valence-electron chi connectivity index (χ4n) is 9.52. The molecule has 0 amide bonds. The summed E-state index contributed by atoms with van der Waals surface area (Å²) in [4.78, 5) is 14.0. The van der Waals surface area contributed by atoms with Crippen molar-refractivity contribution in [2.24, 2.45) is 46.3 Å². The molecule has 2 N–H and O–H groups in total. The number of nitrogens with zero attached hydrogens (tertiary/aromatic N) is 1. The third-order valence-electron chi connectivity index (χ3n) is 11.5. The first-order chi connectivity index (χ1) is 16.1. The van der Waals surface area contributed by atoms with Gasteiger partial charge in [0, 0.05) is 25.6 Å². The second-order valence-electron chi connectivity index (χ2n) is 13.3. The molecule has 5 unspecified atom stereocenters. The molecular formula is C29H52N2O3. The van der Waals surface area contributed by atoms with Crippen LogP contribution < -0.4 is 5.32 Å². The molecule has 0 saturated heterocycles. The van der Waals surface area contributed by atoms with Crippen molar-refractivity contribution in [2.75, 3.05) is 34.3 Å². The summed E-state index contributed by atoms with van der Waals surface area (Å²) in [6.07, 6.45) is 11.3. The third-order valence-corrected chi connectivity index (χ3v) is 11.5. The van der Waals surface area contributed by atoms with E-state index in [9.17, 15) is 9.90 Å². The number of ether oxygens (including phenoxy) is 1. The van der Waals surface area contributed by atoms with Crippen molar-refractivity contribution in [3.05, 3.63) is 0 Å². The minimum atomic E-state index is -0.141. The molecule has 4 saturated carbocycles. The molecule has 0 aromatic rings. The summed E-state index contributed by atoms with van der Waals surface area (Å²) in [5, 5.41) is 15.4. The monoisotopic (exact) mass is 476 g/mol. The number of fused-ring (bicyclic) bond motifs is 5. The molecule has 0 heterocycles. The van der Waals surface area contributed by atoms with Crippen LogP contribution in [0.25, 0.3) is 0 Å². The highest BCUT2D eigenvalue weighted by Crippen LogP contribution is 2.68. The molecule has 4 fully saturated rings. The minimum absolute atomic E-state index is 0.0799. The zero-order valence-electron chi connectivity index (χ0n) is 22.8. The number of aliphatic hydroxyl groups excluding tert-OH is 1. The van der Waals surface area contributed by atoms with Gasteiger partial charge in [-0.2, -0.15) is 0 Å². The largest absolute Gasteiger partial charge is 0.469 e. The Kier molecular flexibility index (Phi) is 8.06. The van der Waals surface area contributed by atoms with Gasteiger partial charge in [-0.25, -0.2) is 0 Å². The van der Waals surface area contributed by atoms with E-state index >= 15 is 0 Å². The lowest BCUT2D eigenvalue weighted by atomic mass is 9.43. The third kappa shape index (κ3) is 4.83. The molecule has 0 aromatic carbocycles. The van der Waals surface area contributed by atoms with Crippen LogP contribution in [0.3, 0.4) is 0 Å². The molecule has 0 radical (unpaired) electrons. The summed E-state index contributed by atoms with van der Waals surface area (Å²) >= 11 is 0. The van der Waals surface area contributed by atoms with Crippen LogP contribution in [0.15, 0.2) is 0 Å². The van der Waals surface area contributed by atoms with Crippen LogP contribution >= 0.6 is 0 Å². The van der Waals surface area contributed by atoms with E-state index < -0.39 is 0 Å². The highest BCUT2D eigenvalue weighted by atomic mass is 16.5. The van der Waals surface area contributed by atoms with E-state index in [2.05, 4.69) is 45.1 Å². The zero-order chi connectivity index (χ0) is 24.7. The lowest BCUT2D eigenvalue weighted by molar-refractivity contribution is -0.167. The molecule has 4 aliphatic rings. The summed E-state index contributed by atoms with van der Waals surface area (Å²) in [7, 11) is 5.77. The zero-order valence-corrected chi connectivity index (χ0v) is 22.8. The van der Waals surface area contributed by atoms with Gasteiger partial charge in [-0.15, -0.1) is 0 Å². The van der Waals surface area contributed by atoms with Crippen LogP contribution in [0.4, 0.5) is 0 Å². The highest BCUT2D eigenvalue weighted by Gasteiger charge is 2.62. The molecule has 5 nitrogen and oxygen atoms in total. The summed E-state index contributed by atoms with van der Waals surface area (Å²) < 4.78 is 4.90. The van der Waals surface area contributed by atoms with Crippen LogP contribution in [0.2, 0.25) is 0 Å². The predicted molar refractivity (Wildman–Crippen MR) is 137 cm³/mol. The van der Waals surface area contributed by atoms with Crippen molar-refractivity contribution < 1.29 is 14.6 Å². The number of carbonyl (C=O) groups is 1. The first kappa shape index (κ1) is 26.4. The average Bonchev–Trinajstić information content (AvgIpc) is 3.15. The van der Waals surface area contributed by atoms with Gasteiger partial charge in [-0.3, -0.25) is 4.79 Å². The first-order valence-corrected chi connectivity index (χ1v) is 14.2. The van der Waals surface area contributed by atoms with Crippen molar-refractivity contribution in [2.45, 2.75) is 97.1 Å². The van der Waals surface area contributed by atoms with Gasteiger partial charge >= 0.3 is 5.97 Å². The Labute approximate surface area is 208 Å². The Bertz CT molecular complexity index is 713. The Morgan fingerprint density at radius 3 is 2.50 bits per heavy atom. The maximum Gasteiger partial charge on any atom is 0.305 e. The van der Waals surface area contributed by atoms with Gasteiger partial charge in [0.15, 0.2) is 0 Å². The van der Waals surface area contributed by atoms with Crippen molar-refractivity contribution in [1.82, 2.24) is 10.2 Å². The summed E-state index contributed by atoms with van der Waals surface area (Å²) in [6.45, 7) is 9.63. The molecule has 0 aromatic heterocycles. The quantitative estimate of drug-likeness (QED) is 0.496. The van der Waals surface area contributed by atoms with E-state index in [1.54, 1.807) is 0 Å². The standard InChI is InChI=1S/C29H52N2O3/c1-19(7-10-26(33)34-6)22-8-9-23-27-24(12-14-29(22,23)3)28(2)13-11-21(30-15-16-31(4)5)17-20(28)18-25(27)32/h19-25,27,30,32H,7-18H2,1-6H3/t19-,20?,21?,22-,23?,24?,25-,27?,28+,29-/m1/s1. The lowest BCUT2D eigenvalue weighted by Gasteiger charge is -2.62. The number of aliphatic hydroxyl groups is 1. The smallest absolute Gasteiger partial charge is 0.305 e. The summed E-state index contributed by atoms with van der Waals surface area (Å²) in [6, 6.07) is 0.613. The number of nitrogens with one attached hydrogen (secondary N) is 1. The molecule has 196 valence electrons. The minimum Gasteiger partial charge on any atom is -0.469 e. The molecular weight excluding hydrogens is 424 g/mol. The normalized spacial score (nSPS) is 44.8. The molecule has 4 aliphatic carbocycles. The van der Waals surface area contributed by atoms with Gasteiger partial charge in [0.05, 0.1) is 13.2 Å².